The molecule has 2 aromatic heterocycles. The topological polar surface area (TPSA) is 97.1 Å². The molecule has 24 heavy (non-hydrogen) atoms. The average Bonchev–Trinajstić information content (AvgIpc) is 3.09. The van der Waals surface area contributed by atoms with Crippen LogP contribution in [0.1, 0.15) is 35.6 Å². The maximum absolute atomic E-state index is 13.3. The summed E-state index contributed by atoms with van der Waals surface area (Å²) in [5, 5.41) is 6.88. The molecule has 0 aliphatic carbocycles. The Labute approximate surface area is 140 Å². The van der Waals surface area contributed by atoms with Crippen LogP contribution in [0.15, 0.2) is 18.3 Å². The third-order valence-corrected chi connectivity index (χ3v) is 4.99. The third kappa shape index (κ3) is 2.45. The Morgan fingerprint density at radius 1 is 1.46 bits per heavy atom. The van der Waals surface area contributed by atoms with Gasteiger partial charge in [0.2, 0.25) is 5.91 Å². The zero-order valence-electron chi connectivity index (χ0n) is 13.7. The molecule has 126 valence electrons. The molecule has 1 fully saturated rings. The number of hydrogen-bond acceptors (Lipinski definition) is 5. The Morgan fingerprint density at radius 3 is 3.04 bits per heavy atom. The van der Waals surface area contributed by atoms with Gasteiger partial charge >= 0.3 is 0 Å². The highest BCUT2D eigenvalue weighted by Gasteiger charge is 2.41. The number of fused-ring (bicyclic) bond motifs is 1. The van der Waals surface area contributed by atoms with Gasteiger partial charge in [0.1, 0.15) is 11.6 Å². The fraction of sp³-hybridized carbons (Fsp3) is 0.471. The van der Waals surface area contributed by atoms with E-state index in [4.69, 9.17) is 10.5 Å². The van der Waals surface area contributed by atoms with Gasteiger partial charge < -0.3 is 10.5 Å². The second-order valence-electron chi connectivity index (χ2n) is 6.55. The smallest absolute Gasteiger partial charge is 0.237 e. The molecule has 0 bridgehead atoms. The average molecular weight is 327 g/mol. The maximum Gasteiger partial charge on any atom is 0.237 e. The van der Waals surface area contributed by atoms with Crippen LogP contribution in [0.25, 0.3) is 0 Å². The van der Waals surface area contributed by atoms with Crippen LogP contribution >= 0.6 is 0 Å². The van der Waals surface area contributed by atoms with E-state index in [-0.39, 0.29) is 17.7 Å². The van der Waals surface area contributed by atoms with Crippen molar-refractivity contribution in [1.29, 1.82) is 0 Å². The van der Waals surface area contributed by atoms with Gasteiger partial charge in [0.05, 0.1) is 31.0 Å². The van der Waals surface area contributed by atoms with E-state index in [1.54, 1.807) is 11.1 Å². The third-order valence-electron chi connectivity index (χ3n) is 4.99. The van der Waals surface area contributed by atoms with Crippen LogP contribution in [0.3, 0.4) is 0 Å². The van der Waals surface area contributed by atoms with Crippen molar-refractivity contribution < 1.29 is 9.53 Å². The number of pyridine rings is 1. The van der Waals surface area contributed by atoms with Gasteiger partial charge in [0.25, 0.3) is 0 Å². The molecule has 7 nitrogen and oxygen atoms in total. The first-order valence-electron chi connectivity index (χ1n) is 8.29. The largest absolute Gasteiger partial charge is 0.384 e. The minimum absolute atomic E-state index is 0.0414. The van der Waals surface area contributed by atoms with Crippen LogP contribution in [0.2, 0.25) is 0 Å². The van der Waals surface area contributed by atoms with Crippen LogP contribution in [0.5, 0.6) is 0 Å². The Hall–Kier alpha value is -2.41. The summed E-state index contributed by atoms with van der Waals surface area (Å²) in [5.41, 5.74) is 8.93. The van der Waals surface area contributed by atoms with Crippen molar-refractivity contribution in [3.63, 3.8) is 0 Å². The van der Waals surface area contributed by atoms with Gasteiger partial charge in [-0.15, -0.1) is 0 Å². The molecule has 2 aromatic rings. The van der Waals surface area contributed by atoms with Gasteiger partial charge in [-0.1, -0.05) is 0 Å². The molecule has 1 saturated heterocycles. The van der Waals surface area contributed by atoms with Crippen molar-refractivity contribution in [2.75, 3.05) is 23.8 Å². The first kappa shape index (κ1) is 15.1. The fourth-order valence-electron chi connectivity index (χ4n) is 3.79. The molecule has 2 unspecified atom stereocenters. The predicted molar refractivity (Wildman–Crippen MR) is 89.4 cm³/mol. The van der Waals surface area contributed by atoms with Crippen molar-refractivity contribution >= 4 is 17.5 Å². The summed E-state index contributed by atoms with van der Waals surface area (Å²) in [5.74, 6) is 1.03. The number of carbonyl (C=O) groups is 1. The van der Waals surface area contributed by atoms with Crippen molar-refractivity contribution in [2.45, 2.75) is 32.2 Å². The van der Waals surface area contributed by atoms with E-state index in [9.17, 15) is 4.79 Å². The first-order chi connectivity index (χ1) is 11.6. The van der Waals surface area contributed by atoms with E-state index in [1.807, 2.05) is 19.1 Å². The maximum atomic E-state index is 13.3. The van der Waals surface area contributed by atoms with Crippen molar-refractivity contribution in [1.82, 2.24) is 15.2 Å². The van der Waals surface area contributed by atoms with Gasteiger partial charge in [-0.2, -0.15) is 5.10 Å². The second kappa shape index (κ2) is 5.90. The lowest BCUT2D eigenvalue weighted by Gasteiger charge is -2.38. The monoisotopic (exact) mass is 327 g/mol. The lowest BCUT2D eigenvalue weighted by atomic mass is 9.79. The number of aromatic nitrogens is 3. The SMILES string of the molecule is Cc1cc(N)nc2c1CN(c1ccn[nH]1)C(=O)C2C1CCCOC1. The zero-order chi connectivity index (χ0) is 16.7. The van der Waals surface area contributed by atoms with Gasteiger partial charge in [-0.3, -0.25) is 14.8 Å². The van der Waals surface area contributed by atoms with E-state index in [2.05, 4.69) is 15.2 Å². The standard InChI is InChI=1S/C17H21N5O2/c1-10-7-13(18)20-16-12(10)8-22(14-4-5-19-21-14)17(23)15(16)11-3-2-6-24-9-11/h4-5,7,11,15H,2-3,6,8-9H2,1H3,(H2,18,20)(H,19,21). The number of nitrogens with one attached hydrogen (secondary N) is 1. The number of aromatic amines is 1. The van der Waals surface area contributed by atoms with Crippen molar-refractivity contribution in [3.8, 4) is 0 Å². The van der Waals surface area contributed by atoms with Crippen molar-refractivity contribution in [3.05, 3.63) is 35.2 Å². The number of nitrogen functional groups attached to an aromatic ring is 1. The normalized spacial score (nSPS) is 24.0. The summed E-state index contributed by atoms with van der Waals surface area (Å²) in [7, 11) is 0. The fourth-order valence-corrected chi connectivity index (χ4v) is 3.79. The molecule has 1 amide bonds. The zero-order valence-corrected chi connectivity index (χ0v) is 13.7. The molecule has 2 aliphatic rings. The van der Waals surface area contributed by atoms with Crippen LogP contribution in [0.4, 0.5) is 11.6 Å². The van der Waals surface area contributed by atoms with Crippen LogP contribution < -0.4 is 10.6 Å². The van der Waals surface area contributed by atoms with Crippen LogP contribution in [-0.4, -0.2) is 34.3 Å². The molecule has 4 heterocycles. The molecule has 7 heteroatoms. The summed E-state index contributed by atoms with van der Waals surface area (Å²) >= 11 is 0. The summed E-state index contributed by atoms with van der Waals surface area (Å²) in [4.78, 5) is 19.6. The lowest BCUT2D eigenvalue weighted by molar-refractivity contribution is -0.123. The second-order valence-corrected chi connectivity index (χ2v) is 6.55. The van der Waals surface area contributed by atoms with Gasteiger partial charge in [0.15, 0.2) is 0 Å². The molecule has 0 spiro atoms. The van der Waals surface area contributed by atoms with E-state index in [1.165, 1.54) is 0 Å². The first-order valence-corrected chi connectivity index (χ1v) is 8.29. The predicted octanol–water partition coefficient (Wildman–Crippen LogP) is 1.75. The minimum Gasteiger partial charge on any atom is -0.384 e. The van der Waals surface area contributed by atoms with E-state index >= 15 is 0 Å². The molecular formula is C17H21N5O2. The molecule has 2 aliphatic heterocycles. The summed E-state index contributed by atoms with van der Waals surface area (Å²) < 4.78 is 5.64. The summed E-state index contributed by atoms with van der Waals surface area (Å²) in [6, 6.07) is 3.69. The number of hydrogen-bond donors (Lipinski definition) is 2. The quantitative estimate of drug-likeness (QED) is 0.876. The number of nitrogens with two attached hydrogens (primary N) is 1. The number of amides is 1. The van der Waals surface area contributed by atoms with Crippen molar-refractivity contribution in [2.24, 2.45) is 5.92 Å². The number of nitrogens with zero attached hydrogens (tertiary/aromatic N) is 3. The minimum atomic E-state index is -0.320. The van der Waals surface area contributed by atoms with Gasteiger partial charge in [0, 0.05) is 12.7 Å². The van der Waals surface area contributed by atoms with E-state index in [0.29, 0.717) is 24.8 Å². The number of H-pyrrole nitrogens is 1. The lowest BCUT2D eigenvalue weighted by Crippen LogP contribution is -2.45. The van der Waals surface area contributed by atoms with Crippen LogP contribution in [-0.2, 0) is 16.1 Å². The summed E-state index contributed by atoms with van der Waals surface area (Å²) in [6.07, 6.45) is 3.59. The molecule has 0 radical (unpaired) electrons. The van der Waals surface area contributed by atoms with E-state index < -0.39 is 0 Å². The summed E-state index contributed by atoms with van der Waals surface area (Å²) in [6.45, 7) is 3.85. The Morgan fingerprint density at radius 2 is 2.33 bits per heavy atom. The number of aryl methyl sites for hydroxylation is 1. The van der Waals surface area contributed by atoms with E-state index in [0.717, 1.165) is 36.3 Å². The molecule has 4 rings (SSSR count). The molecule has 2 atom stereocenters. The van der Waals surface area contributed by atoms with Crippen LogP contribution in [0, 0.1) is 12.8 Å². The van der Waals surface area contributed by atoms with Gasteiger partial charge in [-0.25, -0.2) is 4.98 Å². The molecule has 0 saturated carbocycles. The Kier molecular flexibility index (Phi) is 3.72. The number of carbonyl (C=O) groups excluding carboxylic acids is 1. The highest BCUT2D eigenvalue weighted by molar-refractivity contribution is 5.99. The molecule has 3 N–H and O–H groups in total. The molecule has 0 aromatic carbocycles. The number of anilines is 2. The number of rotatable bonds is 2. The highest BCUT2D eigenvalue weighted by Crippen LogP contribution is 2.39. The molecular weight excluding hydrogens is 306 g/mol. The Bertz CT molecular complexity index is 753. The Balaban J connectivity index is 1.82. The van der Waals surface area contributed by atoms with Gasteiger partial charge in [-0.05, 0) is 42.9 Å². The number of ether oxygens (including phenoxy) is 1. The highest BCUT2D eigenvalue weighted by atomic mass is 16.5.